The molecule has 1 aromatic heterocycles. The van der Waals surface area contributed by atoms with Crippen LogP contribution in [-0.4, -0.2) is 28.8 Å². The van der Waals surface area contributed by atoms with Crippen LogP contribution in [0.25, 0.3) is 0 Å². The van der Waals surface area contributed by atoms with E-state index in [4.69, 9.17) is 9.26 Å². The Hall–Kier alpha value is -1.37. The zero-order valence-electron chi connectivity index (χ0n) is 12.3. The summed E-state index contributed by atoms with van der Waals surface area (Å²) in [7, 11) is 0. The SMILES string of the molecule is Cc1cccc(SCc2noc(COC3(C)CNC3)n2)c1. The lowest BCUT2D eigenvalue weighted by Crippen LogP contribution is -2.58. The van der Waals surface area contributed by atoms with E-state index in [2.05, 4.69) is 53.6 Å². The van der Waals surface area contributed by atoms with Crippen LogP contribution in [0.2, 0.25) is 0 Å². The maximum Gasteiger partial charge on any atom is 0.252 e. The predicted octanol–water partition coefficient (Wildman–Crippen LogP) is 2.55. The van der Waals surface area contributed by atoms with Crippen molar-refractivity contribution in [3.8, 4) is 0 Å². The molecule has 1 N–H and O–H groups in total. The summed E-state index contributed by atoms with van der Waals surface area (Å²) in [5, 5.41) is 7.19. The van der Waals surface area contributed by atoms with Crippen LogP contribution in [0.3, 0.4) is 0 Å². The number of nitrogens with zero attached hydrogens (tertiary/aromatic N) is 2. The molecule has 0 saturated carbocycles. The quantitative estimate of drug-likeness (QED) is 0.828. The van der Waals surface area contributed by atoms with Crippen LogP contribution in [0.5, 0.6) is 0 Å². The number of nitrogens with one attached hydrogen (secondary N) is 1. The molecular formula is C15H19N3O2S. The summed E-state index contributed by atoms with van der Waals surface area (Å²) in [6.45, 7) is 6.28. The third-order valence-corrected chi connectivity index (χ3v) is 4.40. The Balaban J connectivity index is 1.50. The van der Waals surface area contributed by atoms with Crippen LogP contribution in [0.4, 0.5) is 0 Å². The van der Waals surface area contributed by atoms with Crippen molar-refractivity contribution in [3.05, 3.63) is 41.5 Å². The van der Waals surface area contributed by atoms with Crippen molar-refractivity contribution in [2.24, 2.45) is 0 Å². The maximum absolute atomic E-state index is 5.78. The molecule has 2 heterocycles. The Labute approximate surface area is 128 Å². The molecular weight excluding hydrogens is 286 g/mol. The molecule has 0 bridgehead atoms. The summed E-state index contributed by atoms with van der Waals surface area (Å²) in [5.41, 5.74) is 1.16. The fourth-order valence-corrected chi connectivity index (χ4v) is 2.93. The summed E-state index contributed by atoms with van der Waals surface area (Å²) in [6, 6.07) is 8.38. The Morgan fingerprint density at radius 1 is 1.43 bits per heavy atom. The Morgan fingerprint density at radius 2 is 2.29 bits per heavy atom. The van der Waals surface area contributed by atoms with Gasteiger partial charge in [-0.25, -0.2) is 0 Å². The lowest BCUT2D eigenvalue weighted by Gasteiger charge is -2.38. The first-order valence-corrected chi connectivity index (χ1v) is 7.97. The van der Waals surface area contributed by atoms with E-state index in [0.29, 0.717) is 24.1 Å². The third kappa shape index (κ3) is 3.84. The minimum absolute atomic E-state index is 0.0923. The lowest BCUT2D eigenvalue weighted by molar-refractivity contribution is -0.0841. The van der Waals surface area contributed by atoms with E-state index in [1.54, 1.807) is 11.8 Å². The Morgan fingerprint density at radius 3 is 3.00 bits per heavy atom. The predicted molar refractivity (Wildman–Crippen MR) is 81.1 cm³/mol. The van der Waals surface area contributed by atoms with Gasteiger partial charge < -0.3 is 14.6 Å². The van der Waals surface area contributed by atoms with Crippen molar-refractivity contribution < 1.29 is 9.26 Å². The average Bonchev–Trinajstić information content (AvgIpc) is 2.89. The summed E-state index contributed by atoms with van der Waals surface area (Å²) >= 11 is 1.70. The topological polar surface area (TPSA) is 60.2 Å². The number of hydrogen-bond acceptors (Lipinski definition) is 6. The van der Waals surface area contributed by atoms with Gasteiger partial charge in [-0.05, 0) is 26.0 Å². The monoisotopic (exact) mass is 305 g/mol. The van der Waals surface area contributed by atoms with Gasteiger partial charge in [0.05, 0.1) is 11.4 Å². The smallest absolute Gasteiger partial charge is 0.252 e. The zero-order chi connectivity index (χ0) is 14.7. The Bertz CT molecular complexity index is 610. The third-order valence-electron chi connectivity index (χ3n) is 3.41. The molecule has 0 amide bonds. The first kappa shape index (κ1) is 14.6. The first-order chi connectivity index (χ1) is 10.1. The summed E-state index contributed by atoms with van der Waals surface area (Å²) in [4.78, 5) is 5.58. The van der Waals surface area contributed by atoms with Gasteiger partial charge in [0.15, 0.2) is 5.82 Å². The van der Waals surface area contributed by atoms with Crippen molar-refractivity contribution in [1.82, 2.24) is 15.5 Å². The van der Waals surface area contributed by atoms with Crippen molar-refractivity contribution >= 4 is 11.8 Å². The van der Waals surface area contributed by atoms with Crippen molar-refractivity contribution in [2.75, 3.05) is 13.1 Å². The summed E-state index contributed by atoms with van der Waals surface area (Å²) < 4.78 is 11.0. The molecule has 1 aliphatic rings. The second-order valence-electron chi connectivity index (χ2n) is 5.55. The second-order valence-corrected chi connectivity index (χ2v) is 6.60. The van der Waals surface area contributed by atoms with Crippen LogP contribution in [0.15, 0.2) is 33.7 Å². The van der Waals surface area contributed by atoms with Gasteiger partial charge in [-0.1, -0.05) is 22.9 Å². The number of rotatable bonds is 6. The molecule has 0 unspecified atom stereocenters. The zero-order valence-corrected chi connectivity index (χ0v) is 13.1. The summed E-state index contributed by atoms with van der Waals surface area (Å²) in [5.74, 6) is 1.95. The normalized spacial score (nSPS) is 16.7. The molecule has 0 spiro atoms. The summed E-state index contributed by atoms with van der Waals surface area (Å²) in [6.07, 6.45) is 0. The molecule has 1 fully saturated rings. The van der Waals surface area contributed by atoms with E-state index in [0.717, 1.165) is 13.1 Å². The molecule has 6 heteroatoms. The van der Waals surface area contributed by atoms with Crippen molar-refractivity contribution in [3.63, 3.8) is 0 Å². The molecule has 1 aromatic carbocycles. The number of aryl methyl sites for hydroxylation is 1. The highest BCUT2D eigenvalue weighted by atomic mass is 32.2. The van der Waals surface area contributed by atoms with Gasteiger partial charge in [-0.15, -0.1) is 11.8 Å². The number of thioether (sulfide) groups is 1. The number of benzene rings is 1. The first-order valence-electron chi connectivity index (χ1n) is 6.99. The van der Waals surface area contributed by atoms with Gasteiger partial charge in [-0.3, -0.25) is 0 Å². The molecule has 1 saturated heterocycles. The minimum atomic E-state index is -0.0923. The van der Waals surface area contributed by atoms with E-state index >= 15 is 0 Å². The molecule has 1 aliphatic heterocycles. The van der Waals surface area contributed by atoms with Gasteiger partial charge in [0, 0.05) is 18.0 Å². The largest absolute Gasteiger partial charge is 0.363 e. The second kappa shape index (κ2) is 6.17. The van der Waals surface area contributed by atoms with Crippen LogP contribution in [0.1, 0.15) is 24.2 Å². The van der Waals surface area contributed by atoms with Gasteiger partial charge in [0.25, 0.3) is 5.89 Å². The van der Waals surface area contributed by atoms with Gasteiger partial charge in [0.2, 0.25) is 0 Å². The number of aromatic nitrogens is 2. The molecule has 112 valence electrons. The van der Waals surface area contributed by atoms with Gasteiger partial charge >= 0.3 is 0 Å². The molecule has 0 radical (unpaired) electrons. The van der Waals surface area contributed by atoms with Gasteiger partial charge in [-0.2, -0.15) is 4.98 Å². The van der Waals surface area contributed by atoms with E-state index in [1.165, 1.54) is 10.5 Å². The number of hydrogen-bond donors (Lipinski definition) is 1. The highest BCUT2D eigenvalue weighted by Crippen LogP contribution is 2.23. The minimum Gasteiger partial charge on any atom is -0.363 e. The highest BCUT2D eigenvalue weighted by Gasteiger charge is 2.32. The molecule has 2 aromatic rings. The Kier molecular flexibility index (Phi) is 4.28. The van der Waals surface area contributed by atoms with E-state index in [9.17, 15) is 0 Å². The van der Waals surface area contributed by atoms with Crippen LogP contribution < -0.4 is 5.32 Å². The molecule has 5 nitrogen and oxygen atoms in total. The fourth-order valence-electron chi connectivity index (χ4n) is 2.08. The lowest BCUT2D eigenvalue weighted by atomic mass is 10.0. The van der Waals surface area contributed by atoms with E-state index < -0.39 is 0 Å². The van der Waals surface area contributed by atoms with E-state index in [1.807, 2.05) is 0 Å². The van der Waals surface area contributed by atoms with Crippen LogP contribution >= 0.6 is 11.8 Å². The molecule has 0 atom stereocenters. The fraction of sp³-hybridized carbons (Fsp3) is 0.467. The maximum atomic E-state index is 5.78. The molecule has 3 rings (SSSR count). The molecule has 0 aliphatic carbocycles. The van der Waals surface area contributed by atoms with Crippen molar-refractivity contribution in [2.45, 2.75) is 36.7 Å². The average molecular weight is 305 g/mol. The highest BCUT2D eigenvalue weighted by molar-refractivity contribution is 7.98. The van der Waals surface area contributed by atoms with Gasteiger partial charge in [0.1, 0.15) is 6.61 Å². The van der Waals surface area contributed by atoms with Crippen LogP contribution in [-0.2, 0) is 17.1 Å². The van der Waals surface area contributed by atoms with E-state index in [-0.39, 0.29) is 5.60 Å². The number of ether oxygens (including phenoxy) is 1. The molecule has 21 heavy (non-hydrogen) atoms. The van der Waals surface area contributed by atoms with Crippen molar-refractivity contribution in [1.29, 1.82) is 0 Å². The van der Waals surface area contributed by atoms with Crippen LogP contribution in [0, 0.1) is 6.92 Å². The standard InChI is InChI=1S/C15H19N3O2S/c1-11-4-3-5-12(6-11)21-8-13-17-14(20-18-13)7-19-15(2)9-16-10-15/h3-6,16H,7-10H2,1-2H3.